The minimum absolute atomic E-state index is 0.0110. The lowest BCUT2D eigenvalue weighted by molar-refractivity contribution is -0.187. The molecule has 0 unspecified atom stereocenters. The second kappa shape index (κ2) is 25.3. The van der Waals surface area contributed by atoms with E-state index in [0.717, 1.165) is 50.0 Å². The summed E-state index contributed by atoms with van der Waals surface area (Å²) in [5, 5.41) is 5.67. The number of nitrogens with one attached hydrogen (secondary N) is 2. The molecule has 0 aliphatic carbocycles. The van der Waals surface area contributed by atoms with Gasteiger partial charge < -0.3 is 62.9 Å². The van der Waals surface area contributed by atoms with Crippen LogP contribution in [0.4, 0.5) is 4.79 Å². The quantitative estimate of drug-likeness (QED) is 0.0697. The van der Waals surface area contributed by atoms with Gasteiger partial charge in [0.25, 0.3) is 0 Å². The van der Waals surface area contributed by atoms with E-state index in [9.17, 15) is 19.2 Å². The number of ether oxygens (including phenoxy) is 10. The Labute approximate surface area is 409 Å². The minimum Gasteiger partial charge on any atom is -0.458 e. The molecule has 6 aliphatic rings. The van der Waals surface area contributed by atoms with E-state index >= 15 is 0 Å². The molecule has 69 heavy (non-hydrogen) atoms. The highest BCUT2D eigenvalue weighted by Gasteiger charge is 2.54. The molecule has 386 valence electrons. The number of carbonyl (C=O) groups excluding carboxylic acids is 4. The van der Waals surface area contributed by atoms with Crippen LogP contribution in [0.15, 0.2) is 71.9 Å². The molecule has 6 rings (SSSR count). The Morgan fingerprint density at radius 2 is 1.04 bits per heavy atom. The summed E-state index contributed by atoms with van der Waals surface area (Å²) >= 11 is 0. The van der Waals surface area contributed by atoms with Crippen molar-refractivity contribution in [2.45, 2.75) is 179 Å². The number of esters is 1. The smallest absolute Gasteiger partial charge is 0.409 e. The third-order valence-electron chi connectivity index (χ3n) is 12.0. The van der Waals surface area contributed by atoms with Crippen LogP contribution in [0, 0.1) is 0 Å². The molecular formula is C52H79N3O14. The summed E-state index contributed by atoms with van der Waals surface area (Å²) in [6, 6.07) is -0.465. The highest BCUT2D eigenvalue weighted by atomic mass is 16.7. The van der Waals surface area contributed by atoms with Crippen LogP contribution in [0.25, 0.3) is 0 Å². The monoisotopic (exact) mass is 970 g/mol. The first kappa shape index (κ1) is 55.7. The van der Waals surface area contributed by atoms with Crippen LogP contribution < -0.4 is 10.6 Å². The Balaban J connectivity index is 0.000000258. The summed E-state index contributed by atoms with van der Waals surface area (Å²) in [7, 11) is 3.20. The highest BCUT2D eigenvalue weighted by Crippen LogP contribution is 2.47. The van der Waals surface area contributed by atoms with E-state index in [0.29, 0.717) is 45.7 Å². The lowest BCUT2D eigenvalue weighted by Crippen LogP contribution is -2.46. The van der Waals surface area contributed by atoms with E-state index in [1.807, 2.05) is 13.8 Å². The third-order valence-corrected chi connectivity index (χ3v) is 12.0. The molecular weight excluding hydrogens is 891 g/mol. The van der Waals surface area contributed by atoms with Crippen molar-refractivity contribution in [3.63, 3.8) is 0 Å². The Kier molecular flexibility index (Phi) is 20.4. The number of rotatable bonds is 17. The van der Waals surface area contributed by atoms with Crippen molar-refractivity contribution in [1.82, 2.24) is 15.5 Å². The first-order valence-corrected chi connectivity index (χ1v) is 24.4. The largest absolute Gasteiger partial charge is 0.458 e. The van der Waals surface area contributed by atoms with Crippen LogP contribution in [0.5, 0.6) is 0 Å². The fraction of sp³-hybridized carbons (Fsp3) is 0.692. The minimum atomic E-state index is -0.512. The Morgan fingerprint density at radius 3 is 1.41 bits per heavy atom. The Bertz CT molecular complexity index is 1900. The van der Waals surface area contributed by atoms with Crippen molar-refractivity contribution in [3.05, 3.63) is 71.9 Å². The zero-order valence-corrected chi connectivity index (χ0v) is 42.7. The second-order valence-corrected chi connectivity index (χ2v) is 20.5. The number of allylic oxidation sites excluding steroid dienone is 4. The van der Waals surface area contributed by atoms with E-state index in [2.05, 4.69) is 74.8 Å². The van der Waals surface area contributed by atoms with Crippen LogP contribution in [0.2, 0.25) is 0 Å². The normalized spacial score (nSPS) is 31.8. The predicted molar refractivity (Wildman–Crippen MR) is 258 cm³/mol. The molecule has 3 amide bonds. The molecule has 0 aromatic carbocycles. The van der Waals surface area contributed by atoms with Crippen molar-refractivity contribution < 1.29 is 66.5 Å². The average Bonchev–Trinajstić information content (AvgIpc) is 4.22. The van der Waals surface area contributed by atoms with Crippen molar-refractivity contribution in [2.75, 3.05) is 53.7 Å². The van der Waals surface area contributed by atoms with Crippen molar-refractivity contribution in [3.8, 4) is 0 Å². The maximum Gasteiger partial charge on any atom is 0.409 e. The number of epoxide rings is 2. The Hall–Kier alpha value is -4.20. The maximum absolute atomic E-state index is 12.1. The first-order chi connectivity index (χ1) is 32.5. The fourth-order valence-electron chi connectivity index (χ4n) is 8.60. The van der Waals surface area contributed by atoms with Gasteiger partial charge in [0.1, 0.15) is 12.2 Å². The van der Waals surface area contributed by atoms with Gasteiger partial charge >= 0.3 is 12.1 Å². The second-order valence-electron chi connectivity index (χ2n) is 20.5. The van der Waals surface area contributed by atoms with Crippen LogP contribution in [-0.2, 0) is 61.8 Å². The van der Waals surface area contributed by atoms with Crippen LogP contribution in [-0.4, -0.2) is 154 Å². The van der Waals surface area contributed by atoms with Crippen molar-refractivity contribution in [2.24, 2.45) is 0 Å². The summed E-state index contributed by atoms with van der Waals surface area (Å²) in [6.07, 6.45) is 21.6. The van der Waals surface area contributed by atoms with Gasteiger partial charge in [-0.3, -0.25) is 14.4 Å². The summed E-state index contributed by atoms with van der Waals surface area (Å²) < 4.78 is 57.0. The van der Waals surface area contributed by atoms with Gasteiger partial charge in [-0.25, -0.2) is 4.79 Å². The standard InChI is InChI=1S/C26H40N2O7.C26H39NO7/c1-18(7-10-21-13-26(17-33-26)16-25(3,4)35-21)8-12-23-31-14-20(15-32-23)27-22(29)11-9-19(2)34-24(30)28(5)6;1-6-23(29)33-19(3)9-11-22(28)27-20-14-30-24(31-15-20)12-8-18(2)7-10-21-13-26(17-32-26)16-25(4,5)34-21/h7-11,19-21,23H,12-17H2,1-6H3,(H,27,29);7-11,19-21,24H,6,12-17H2,1-5H3,(H,27,28)/b2*10-7+,11-9-,18-8+/t19-,20?,21+,23?,26+;19-,20?,21+,24?,26+/m00/s1. The zero-order chi connectivity index (χ0) is 50.4. The molecule has 0 bridgehead atoms. The van der Waals surface area contributed by atoms with Crippen LogP contribution >= 0.6 is 0 Å². The van der Waals surface area contributed by atoms with Gasteiger partial charge in [0.15, 0.2) is 12.6 Å². The molecule has 0 saturated carbocycles. The molecule has 17 heteroatoms. The lowest BCUT2D eigenvalue weighted by Gasteiger charge is -2.38. The van der Waals surface area contributed by atoms with E-state index < -0.39 is 18.3 Å². The highest BCUT2D eigenvalue weighted by molar-refractivity contribution is 5.88. The molecule has 6 aliphatic heterocycles. The molecule has 6 atom stereocenters. The topological polar surface area (TPSA) is 194 Å². The maximum atomic E-state index is 12.1. The third kappa shape index (κ3) is 20.2. The lowest BCUT2D eigenvalue weighted by atomic mass is 9.85. The summed E-state index contributed by atoms with van der Waals surface area (Å²) in [5.41, 5.74) is 1.90. The molecule has 6 fully saturated rings. The molecule has 6 saturated heterocycles. The zero-order valence-electron chi connectivity index (χ0n) is 42.7. The number of carbonyl (C=O) groups is 4. The van der Waals surface area contributed by atoms with Crippen LogP contribution in [0.1, 0.15) is 107 Å². The summed E-state index contributed by atoms with van der Waals surface area (Å²) in [4.78, 5) is 48.3. The molecule has 2 spiro atoms. The fourth-order valence-corrected chi connectivity index (χ4v) is 8.60. The number of hydrogen-bond donors (Lipinski definition) is 2. The van der Waals surface area contributed by atoms with Gasteiger partial charge in [-0.05, 0) is 67.5 Å². The van der Waals surface area contributed by atoms with Crippen molar-refractivity contribution in [1.29, 1.82) is 0 Å². The molecule has 0 radical (unpaired) electrons. The van der Waals surface area contributed by atoms with Gasteiger partial charge in [0.2, 0.25) is 11.8 Å². The molecule has 6 heterocycles. The molecule has 17 nitrogen and oxygen atoms in total. The van der Waals surface area contributed by atoms with E-state index in [1.54, 1.807) is 40.9 Å². The SMILES string of the molecule is CC(/C=C/[C@@H]1C[C@]2(CO2)CC(C)(C)O1)=C\CC1OCC(NC(=O)/C=C\[C@H](C)OC(=O)N(C)C)CO1.CCC(=O)O[C@@H](C)/C=C\C(=O)NC1COC(C/C=C(C)/C=C/[C@@H]2C[C@]3(CO3)CC(C)(C)O2)OC1. The van der Waals surface area contributed by atoms with E-state index in [1.165, 1.54) is 23.1 Å². The molecule has 2 N–H and O–H groups in total. The number of hydrogen-bond acceptors (Lipinski definition) is 14. The Morgan fingerprint density at radius 1 is 0.652 bits per heavy atom. The molecule has 0 aromatic heterocycles. The average molecular weight is 970 g/mol. The van der Waals surface area contributed by atoms with Gasteiger partial charge in [0, 0.05) is 71.2 Å². The summed E-state index contributed by atoms with van der Waals surface area (Å²) in [6.45, 7) is 20.8. The number of amides is 3. The first-order valence-electron chi connectivity index (χ1n) is 24.4. The van der Waals surface area contributed by atoms with Crippen LogP contribution in [0.3, 0.4) is 0 Å². The van der Waals surface area contributed by atoms with Crippen molar-refractivity contribution >= 4 is 23.9 Å². The van der Waals surface area contributed by atoms with Gasteiger partial charge in [-0.15, -0.1) is 0 Å². The molecule has 0 aromatic rings. The van der Waals surface area contributed by atoms with E-state index in [4.69, 9.17) is 47.4 Å². The van der Waals surface area contributed by atoms with E-state index in [-0.39, 0.29) is 77.1 Å². The predicted octanol–water partition coefficient (Wildman–Crippen LogP) is 6.47. The summed E-state index contributed by atoms with van der Waals surface area (Å²) in [5.74, 6) is -0.867. The van der Waals surface area contributed by atoms with Gasteiger partial charge in [-0.1, -0.05) is 54.5 Å². The van der Waals surface area contributed by atoms with Gasteiger partial charge in [-0.2, -0.15) is 0 Å². The van der Waals surface area contributed by atoms with Gasteiger partial charge in [0.05, 0.1) is 86.3 Å². The number of nitrogens with zero attached hydrogens (tertiary/aromatic N) is 1.